The second-order valence-electron chi connectivity index (χ2n) is 16.7. The third-order valence-electron chi connectivity index (χ3n) is 11.9. The molecule has 4 heterocycles. The lowest BCUT2D eigenvalue weighted by Gasteiger charge is -2.47. The smallest absolute Gasteiger partial charge is 0.305 e. The molecule has 0 bridgehead atoms. The molecule has 4 saturated heterocycles. The normalized spacial score (nSPS) is 41.6. The molecule has 22 nitrogen and oxygen atoms in total. The number of ether oxygens (including phenoxy) is 8. The van der Waals surface area contributed by atoms with E-state index >= 15 is 0 Å². The molecule has 0 unspecified atom stereocenters. The fourth-order valence-corrected chi connectivity index (χ4v) is 7.96. The minimum absolute atomic E-state index is 0.0603. The average molecular weight is 905 g/mol. The fourth-order valence-electron chi connectivity index (χ4n) is 7.96. The van der Waals surface area contributed by atoms with Crippen LogP contribution < -0.4 is 0 Å². The Labute approximate surface area is 360 Å². The number of aliphatic hydroxyl groups is 13. The summed E-state index contributed by atoms with van der Waals surface area (Å²) in [5.74, 6) is -0.613. The van der Waals surface area contributed by atoms with Crippen LogP contribution in [-0.4, -0.2) is 222 Å². The molecule has 4 aliphatic heterocycles. The van der Waals surface area contributed by atoms with E-state index < -0.39 is 155 Å². The Kier molecular flexibility index (Phi) is 23.0. The zero-order chi connectivity index (χ0) is 45.5. The second-order valence-corrected chi connectivity index (χ2v) is 16.7. The van der Waals surface area contributed by atoms with Crippen LogP contribution in [0.1, 0.15) is 96.8 Å². The van der Waals surface area contributed by atoms with Gasteiger partial charge in [-0.1, -0.05) is 84.0 Å². The minimum Gasteiger partial charge on any atom is -0.463 e. The first-order chi connectivity index (χ1) is 29.6. The van der Waals surface area contributed by atoms with E-state index in [9.17, 15) is 71.2 Å². The van der Waals surface area contributed by atoms with E-state index in [0.29, 0.717) is 6.42 Å². The third-order valence-corrected chi connectivity index (χ3v) is 11.9. The fraction of sp³-hybridized carbons (Fsp3) is 0.975. The van der Waals surface area contributed by atoms with Gasteiger partial charge in [0, 0.05) is 6.42 Å². The van der Waals surface area contributed by atoms with Crippen molar-refractivity contribution in [3.63, 3.8) is 0 Å². The summed E-state index contributed by atoms with van der Waals surface area (Å²) in [6.45, 7) is -0.735. The van der Waals surface area contributed by atoms with Gasteiger partial charge in [-0.15, -0.1) is 0 Å². The van der Waals surface area contributed by atoms with E-state index in [1.165, 1.54) is 51.4 Å². The number of carbonyl (C=O) groups excluding carboxylic acids is 1. The molecule has 0 radical (unpaired) electrons. The molecule has 0 aromatic rings. The summed E-state index contributed by atoms with van der Waals surface area (Å²) in [5, 5.41) is 135. The first-order valence-electron chi connectivity index (χ1n) is 22.0. The molecule has 0 aliphatic carbocycles. The Morgan fingerprint density at radius 2 is 0.871 bits per heavy atom. The lowest BCUT2D eigenvalue weighted by molar-refractivity contribution is -0.371. The van der Waals surface area contributed by atoms with Gasteiger partial charge in [0.1, 0.15) is 104 Å². The molecule has 4 rings (SSSR count). The van der Waals surface area contributed by atoms with E-state index in [2.05, 4.69) is 6.92 Å². The first-order valence-corrected chi connectivity index (χ1v) is 22.0. The molecule has 364 valence electrons. The number of hydrogen-bond acceptors (Lipinski definition) is 22. The molecule has 0 aromatic carbocycles. The van der Waals surface area contributed by atoms with Gasteiger partial charge in [-0.2, -0.15) is 0 Å². The highest BCUT2D eigenvalue weighted by Gasteiger charge is 2.53. The lowest BCUT2D eigenvalue weighted by atomic mass is 9.96. The van der Waals surface area contributed by atoms with Crippen LogP contribution in [0.3, 0.4) is 0 Å². The van der Waals surface area contributed by atoms with Crippen molar-refractivity contribution < 1.29 is 109 Å². The topological polar surface area (TPSA) is 354 Å². The summed E-state index contributed by atoms with van der Waals surface area (Å²) in [5.41, 5.74) is 0. The van der Waals surface area contributed by atoms with Crippen LogP contribution in [0.25, 0.3) is 0 Å². The van der Waals surface area contributed by atoms with Crippen molar-refractivity contribution in [2.24, 2.45) is 0 Å². The summed E-state index contributed by atoms with van der Waals surface area (Å²) in [6.07, 6.45) is -20.9. The number of aliphatic hydroxyl groups excluding tert-OH is 13. The lowest BCUT2D eigenvalue weighted by Crippen LogP contribution is -2.65. The molecule has 4 aliphatic rings. The average Bonchev–Trinajstić information content (AvgIpc) is 3.26. The summed E-state index contributed by atoms with van der Waals surface area (Å²) < 4.78 is 44.4. The Balaban J connectivity index is 1.35. The van der Waals surface area contributed by atoms with Gasteiger partial charge >= 0.3 is 5.97 Å². The Bertz CT molecular complexity index is 1250. The van der Waals surface area contributed by atoms with Gasteiger partial charge in [0.05, 0.1) is 19.8 Å². The van der Waals surface area contributed by atoms with E-state index in [4.69, 9.17) is 37.9 Å². The van der Waals surface area contributed by atoms with E-state index in [1.807, 2.05) is 0 Å². The maximum atomic E-state index is 12.8. The van der Waals surface area contributed by atoms with Gasteiger partial charge in [0.2, 0.25) is 0 Å². The predicted molar refractivity (Wildman–Crippen MR) is 208 cm³/mol. The van der Waals surface area contributed by atoms with E-state index in [0.717, 1.165) is 25.7 Å². The van der Waals surface area contributed by atoms with Crippen LogP contribution >= 0.6 is 0 Å². The van der Waals surface area contributed by atoms with E-state index in [-0.39, 0.29) is 6.42 Å². The van der Waals surface area contributed by atoms with Crippen LogP contribution in [0.4, 0.5) is 0 Å². The largest absolute Gasteiger partial charge is 0.463 e. The number of unbranched alkanes of at least 4 members (excludes halogenated alkanes) is 12. The number of esters is 1. The summed E-state index contributed by atoms with van der Waals surface area (Å²) in [6, 6.07) is 0. The highest BCUT2D eigenvalue weighted by Crippen LogP contribution is 2.32. The molecule has 0 amide bonds. The molecule has 0 aromatic heterocycles. The molecular formula is C40H72O22. The molecule has 62 heavy (non-hydrogen) atoms. The standard InChI is InChI=1S/C40H72O22/c1-2-3-4-5-6-7-8-9-10-11-12-13-14-15-24(43)55-19-23-36(62-39-32(51)27(46)25(44)20(16-41)58-39)30(49)34(53)38(60-23)56-18-22-26(45)28(47)33(52)40(59-22)61-35-21(17-42)57-37(54)31(50)29(35)48/h20-23,25-42,44-54H,2-19H2,1H3/t20-,21-,22-,23-,25+,26+,27+,28+,29+,30+,31-,32-,33-,34-,35+,36+,37+,38+,39-,40-/m1/s1. The second kappa shape index (κ2) is 26.7. The predicted octanol–water partition coefficient (Wildman–Crippen LogP) is -3.72. The summed E-state index contributed by atoms with van der Waals surface area (Å²) >= 11 is 0. The molecule has 0 spiro atoms. The number of rotatable bonds is 25. The van der Waals surface area contributed by atoms with Gasteiger partial charge in [-0.3, -0.25) is 4.79 Å². The van der Waals surface area contributed by atoms with Gasteiger partial charge in [-0.05, 0) is 6.42 Å². The quantitative estimate of drug-likeness (QED) is 0.0309. The zero-order valence-corrected chi connectivity index (χ0v) is 35.3. The van der Waals surface area contributed by atoms with Crippen molar-refractivity contribution in [2.45, 2.75) is 220 Å². The molecule has 20 atom stereocenters. The monoisotopic (exact) mass is 904 g/mol. The number of hydrogen-bond donors (Lipinski definition) is 13. The molecular weight excluding hydrogens is 832 g/mol. The van der Waals surface area contributed by atoms with Gasteiger partial charge in [0.25, 0.3) is 0 Å². The van der Waals surface area contributed by atoms with Crippen molar-refractivity contribution in [3.05, 3.63) is 0 Å². The highest BCUT2D eigenvalue weighted by molar-refractivity contribution is 5.69. The van der Waals surface area contributed by atoms with Crippen molar-refractivity contribution in [2.75, 3.05) is 26.4 Å². The molecule has 4 fully saturated rings. The maximum absolute atomic E-state index is 12.8. The van der Waals surface area contributed by atoms with Crippen molar-refractivity contribution in [3.8, 4) is 0 Å². The minimum atomic E-state index is -1.97. The Hall–Kier alpha value is -1.33. The van der Waals surface area contributed by atoms with E-state index in [1.54, 1.807) is 0 Å². The van der Waals surface area contributed by atoms with Crippen molar-refractivity contribution >= 4 is 5.97 Å². The van der Waals surface area contributed by atoms with Crippen LogP contribution in [0.2, 0.25) is 0 Å². The molecule has 22 heteroatoms. The van der Waals surface area contributed by atoms with Crippen LogP contribution in [-0.2, 0) is 42.7 Å². The summed E-state index contributed by atoms with van der Waals surface area (Å²) in [4.78, 5) is 12.8. The zero-order valence-electron chi connectivity index (χ0n) is 35.3. The first kappa shape index (κ1) is 53.3. The molecule has 13 N–H and O–H groups in total. The van der Waals surface area contributed by atoms with Crippen LogP contribution in [0, 0.1) is 0 Å². The van der Waals surface area contributed by atoms with Crippen LogP contribution in [0.5, 0.6) is 0 Å². The van der Waals surface area contributed by atoms with Gasteiger partial charge < -0.3 is 104 Å². The van der Waals surface area contributed by atoms with Crippen LogP contribution in [0.15, 0.2) is 0 Å². The Morgan fingerprint density at radius 1 is 0.435 bits per heavy atom. The third kappa shape index (κ3) is 14.6. The maximum Gasteiger partial charge on any atom is 0.305 e. The van der Waals surface area contributed by atoms with Gasteiger partial charge in [0.15, 0.2) is 25.2 Å². The SMILES string of the molecule is CCCCCCCCCCCCCCCC(=O)OC[C@H]1O[C@H](OC[C@H]2O[C@H](O[C@@H]3[C@@H](O)[C@@H](O)[C@@H](O)O[C@@H]3CO)[C@H](O)[C@@H](O)[C@H]2O)[C@H](O)[C@H](O)[C@H]1O[C@H]1O[C@H](CO)[C@H](O)[C@H](O)[C@H]1O. The number of carbonyl (C=O) groups is 1. The summed E-state index contributed by atoms with van der Waals surface area (Å²) in [7, 11) is 0. The van der Waals surface area contributed by atoms with Crippen molar-refractivity contribution in [1.29, 1.82) is 0 Å². The Morgan fingerprint density at radius 3 is 1.40 bits per heavy atom. The highest BCUT2D eigenvalue weighted by atomic mass is 16.8. The molecule has 0 saturated carbocycles. The van der Waals surface area contributed by atoms with Crippen molar-refractivity contribution in [1.82, 2.24) is 0 Å². The van der Waals surface area contributed by atoms with Gasteiger partial charge in [-0.25, -0.2) is 0 Å².